The third-order valence-electron chi connectivity index (χ3n) is 3.77. The fraction of sp³-hybridized carbons (Fsp3) is 0.412. The highest BCUT2D eigenvalue weighted by Crippen LogP contribution is 2.43. The Hall–Kier alpha value is -1.84. The predicted octanol–water partition coefficient (Wildman–Crippen LogP) is 3.78. The molecule has 1 heterocycles. The molecule has 0 fully saturated rings. The van der Waals surface area contributed by atoms with Crippen molar-refractivity contribution >= 4 is 28.8 Å². The standard InChI is InChI=1S/C17H18ClF3N2O3S/c1-11-10-27-15(22-11)16(25,17(19,20)21)9-14(24)23(2)6-7-26-13-5-3-4-12(18)8-13/h3-5,8,10,25H,6-7,9H2,1-2H3. The second kappa shape index (κ2) is 8.45. The average molecular weight is 423 g/mol. The molecule has 5 nitrogen and oxygen atoms in total. The zero-order valence-electron chi connectivity index (χ0n) is 14.6. The van der Waals surface area contributed by atoms with Crippen LogP contribution in [0.4, 0.5) is 13.2 Å². The van der Waals surface area contributed by atoms with Gasteiger partial charge in [-0.15, -0.1) is 11.3 Å². The monoisotopic (exact) mass is 422 g/mol. The quantitative estimate of drug-likeness (QED) is 0.737. The SMILES string of the molecule is Cc1csc(C(O)(CC(=O)N(C)CCOc2cccc(Cl)c2)C(F)(F)F)n1. The largest absolute Gasteiger partial charge is 0.492 e. The van der Waals surface area contributed by atoms with Crippen LogP contribution < -0.4 is 4.74 Å². The molecule has 0 spiro atoms. The zero-order valence-corrected chi connectivity index (χ0v) is 16.2. The van der Waals surface area contributed by atoms with Crippen molar-refractivity contribution in [3.8, 4) is 5.75 Å². The predicted molar refractivity (Wildman–Crippen MR) is 96.0 cm³/mol. The molecule has 1 aromatic carbocycles. The summed E-state index contributed by atoms with van der Waals surface area (Å²) in [6.45, 7) is 1.61. The van der Waals surface area contributed by atoms with Gasteiger partial charge in [0.1, 0.15) is 17.4 Å². The Morgan fingerprint density at radius 3 is 2.67 bits per heavy atom. The van der Waals surface area contributed by atoms with Crippen LogP contribution in [0.15, 0.2) is 29.6 Å². The number of alkyl halides is 3. The molecule has 0 saturated heterocycles. The maximum atomic E-state index is 13.4. The highest BCUT2D eigenvalue weighted by Gasteiger charge is 2.58. The number of likely N-dealkylation sites (N-methyl/N-ethyl adjacent to an activating group) is 1. The normalized spacial score (nSPS) is 13.9. The number of aryl methyl sites for hydroxylation is 1. The first-order valence-electron chi connectivity index (χ1n) is 7.87. The maximum absolute atomic E-state index is 13.4. The zero-order chi connectivity index (χ0) is 20.2. The van der Waals surface area contributed by atoms with Gasteiger partial charge in [-0.1, -0.05) is 17.7 Å². The van der Waals surface area contributed by atoms with Gasteiger partial charge in [-0.3, -0.25) is 4.79 Å². The Bertz CT molecular complexity index is 800. The number of carbonyl (C=O) groups excluding carboxylic acids is 1. The molecule has 0 radical (unpaired) electrons. The number of amides is 1. The molecule has 1 N–H and O–H groups in total. The number of aromatic nitrogens is 1. The van der Waals surface area contributed by atoms with Crippen molar-refractivity contribution in [1.29, 1.82) is 0 Å². The Labute approximate surface area is 163 Å². The van der Waals surface area contributed by atoms with E-state index in [1.54, 1.807) is 24.3 Å². The summed E-state index contributed by atoms with van der Waals surface area (Å²) in [5.74, 6) is -0.397. The first kappa shape index (κ1) is 21.5. The summed E-state index contributed by atoms with van der Waals surface area (Å²) in [6.07, 6.45) is -6.19. The van der Waals surface area contributed by atoms with Gasteiger partial charge in [0.25, 0.3) is 0 Å². The topological polar surface area (TPSA) is 62.7 Å². The molecular weight excluding hydrogens is 405 g/mol. The highest BCUT2D eigenvalue weighted by atomic mass is 35.5. The van der Waals surface area contributed by atoms with Crippen LogP contribution >= 0.6 is 22.9 Å². The minimum absolute atomic E-state index is 0.0379. The van der Waals surface area contributed by atoms with E-state index in [0.717, 1.165) is 4.90 Å². The van der Waals surface area contributed by atoms with Gasteiger partial charge in [-0.2, -0.15) is 13.2 Å². The average Bonchev–Trinajstić information content (AvgIpc) is 3.00. The minimum Gasteiger partial charge on any atom is -0.492 e. The Balaban J connectivity index is 2.00. The maximum Gasteiger partial charge on any atom is 0.424 e. The van der Waals surface area contributed by atoms with E-state index < -0.39 is 29.1 Å². The van der Waals surface area contributed by atoms with Crippen LogP contribution in [-0.2, 0) is 10.4 Å². The number of aliphatic hydroxyl groups is 1. The lowest BCUT2D eigenvalue weighted by Gasteiger charge is -2.29. The fourth-order valence-corrected chi connectivity index (χ4v) is 3.27. The molecule has 2 rings (SSSR count). The number of rotatable bonds is 7. The summed E-state index contributed by atoms with van der Waals surface area (Å²) in [4.78, 5) is 17.0. The van der Waals surface area contributed by atoms with Crippen LogP contribution in [0, 0.1) is 6.92 Å². The fourth-order valence-electron chi connectivity index (χ4n) is 2.18. The number of hydrogen-bond donors (Lipinski definition) is 1. The summed E-state index contributed by atoms with van der Waals surface area (Å²) >= 11 is 6.49. The molecule has 0 saturated carbocycles. The number of carbonyl (C=O) groups is 1. The second-order valence-corrected chi connectivity index (χ2v) is 7.24. The van der Waals surface area contributed by atoms with E-state index in [2.05, 4.69) is 4.98 Å². The van der Waals surface area contributed by atoms with E-state index >= 15 is 0 Å². The molecule has 0 aliphatic rings. The van der Waals surface area contributed by atoms with Gasteiger partial charge >= 0.3 is 6.18 Å². The first-order chi connectivity index (χ1) is 12.5. The van der Waals surface area contributed by atoms with E-state index in [4.69, 9.17) is 16.3 Å². The van der Waals surface area contributed by atoms with Crippen molar-refractivity contribution in [2.45, 2.75) is 25.1 Å². The van der Waals surface area contributed by atoms with E-state index in [-0.39, 0.29) is 13.2 Å². The van der Waals surface area contributed by atoms with Gasteiger partial charge in [0.2, 0.25) is 11.5 Å². The number of halogens is 4. The van der Waals surface area contributed by atoms with E-state index in [0.29, 0.717) is 27.8 Å². The number of hydrogen-bond acceptors (Lipinski definition) is 5. The third-order valence-corrected chi connectivity index (χ3v) is 5.11. The van der Waals surface area contributed by atoms with Crippen molar-refractivity contribution in [2.75, 3.05) is 20.2 Å². The summed E-state index contributed by atoms with van der Waals surface area (Å²) in [5, 5.41) is 11.5. The lowest BCUT2D eigenvalue weighted by Crippen LogP contribution is -2.47. The van der Waals surface area contributed by atoms with E-state index in [1.807, 2.05) is 0 Å². The number of nitrogens with zero attached hydrogens (tertiary/aromatic N) is 2. The van der Waals surface area contributed by atoms with Crippen LogP contribution in [-0.4, -0.2) is 47.3 Å². The summed E-state index contributed by atoms with van der Waals surface area (Å²) in [5.41, 5.74) is -2.99. The second-order valence-electron chi connectivity index (χ2n) is 5.95. The van der Waals surface area contributed by atoms with Crippen molar-refractivity contribution < 1.29 is 27.8 Å². The molecule has 1 amide bonds. The lowest BCUT2D eigenvalue weighted by molar-refractivity contribution is -0.268. The van der Waals surface area contributed by atoms with Gasteiger partial charge < -0.3 is 14.7 Å². The third kappa shape index (κ3) is 5.33. The highest BCUT2D eigenvalue weighted by molar-refractivity contribution is 7.09. The lowest BCUT2D eigenvalue weighted by atomic mass is 9.99. The number of thiazole rings is 1. The van der Waals surface area contributed by atoms with E-state index in [1.165, 1.54) is 19.4 Å². The van der Waals surface area contributed by atoms with Gasteiger partial charge in [0.05, 0.1) is 13.0 Å². The minimum atomic E-state index is -5.04. The molecule has 27 heavy (non-hydrogen) atoms. The molecule has 0 bridgehead atoms. The van der Waals surface area contributed by atoms with Gasteiger partial charge in [-0.25, -0.2) is 4.98 Å². The van der Waals surface area contributed by atoms with Crippen LogP contribution in [0.2, 0.25) is 5.02 Å². The molecular formula is C17H18ClF3N2O3S. The Morgan fingerprint density at radius 1 is 1.41 bits per heavy atom. The molecule has 1 aromatic heterocycles. The molecule has 1 atom stereocenters. The summed E-state index contributed by atoms with van der Waals surface area (Å²) in [7, 11) is 1.34. The van der Waals surface area contributed by atoms with Crippen molar-refractivity contribution in [3.63, 3.8) is 0 Å². The number of benzene rings is 1. The van der Waals surface area contributed by atoms with Crippen molar-refractivity contribution in [2.24, 2.45) is 0 Å². The number of ether oxygens (including phenoxy) is 1. The van der Waals surface area contributed by atoms with Crippen LogP contribution in [0.3, 0.4) is 0 Å². The van der Waals surface area contributed by atoms with Crippen LogP contribution in [0.5, 0.6) is 5.75 Å². The molecule has 0 aliphatic carbocycles. The Morgan fingerprint density at radius 2 is 2.11 bits per heavy atom. The first-order valence-corrected chi connectivity index (χ1v) is 9.13. The van der Waals surface area contributed by atoms with Crippen molar-refractivity contribution in [1.82, 2.24) is 9.88 Å². The van der Waals surface area contributed by atoms with E-state index in [9.17, 15) is 23.1 Å². The smallest absolute Gasteiger partial charge is 0.424 e. The van der Waals surface area contributed by atoms with Crippen LogP contribution in [0.1, 0.15) is 17.1 Å². The van der Waals surface area contributed by atoms with Crippen LogP contribution in [0.25, 0.3) is 0 Å². The van der Waals surface area contributed by atoms with Gasteiger partial charge in [-0.05, 0) is 25.1 Å². The molecule has 148 valence electrons. The van der Waals surface area contributed by atoms with Crippen molar-refractivity contribution in [3.05, 3.63) is 45.4 Å². The molecule has 0 aliphatic heterocycles. The molecule has 10 heteroatoms. The van der Waals surface area contributed by atoms with Gasteiger partial charge in [0, 0.05) is 23.1 Å². The van der Waals surface area contributed by atoms with Gasteiger partial charge in [0.15, 0.2) is 0 Å². The Kier molecular flexibility index (Phi) is 6.72. The summed E-state index contributed by atoms with van der Waals surface area (Å²) < 4.78 is 45.7. The molecule has 2 aromatic rings. The summed E-state index contributed by atoms with van der Waals surface area (Å²) in [6, 6.07) is 6.60. The molecule has 1 unspecified atom stereocenters.